The van der Waals surface area contributed by atoms with Gasteiger partial charge in [0.15, 0.2) is 0 Å². The number of fused-ring (bicyclic) bond motifs is 1. The quantitative estimate of drug-likeness (QED) is 0.821. The van der Waals surface area contributed by atoms with E-state index in [0.29, 0.717) is 12.5 Å². The first-order chi connectivity index (χ1) is 13.0. The average Bonchev–Trinajstić information content (AvgIpc) is 3.10. The SMILES string of the molecule is CC(C)CC(NC(=O)NCC(=O)N1CCc2ccccc21)c1ccccc1. The van der Waals surface area contributed by atoms with Crippen molar-refractivity contribution in [3.05, 3.63) is 65.7 Å². The Morgan fingerprint density at radius 2 is 1.74 bits per heavy atom. The molecule has 1 unspecified atom stereocenters. The second-order valence-corrected chi connectivity index (χ2v) is 7.34. The van der Waals surface area contributed by atoms with Crippen LogP contribution in [-0.4, -0.2) is 25.0 Å². The Hall–Kier alpha value is -2.82. The van der Waals surface area contributed by atoms with Crippen molar-refractivity contribution in [3.63, 3.8) is 0 Å². The van der Waals surface area contributed by atoms with Crippen molar-refractivity contribution in [2.45, 2.75) is 32.7 Å². The summed E-state index contributed by atoms with van der Waals surface area (Å²) in [6, 6.07) is 17.4. The Bertz CT molecular complexity index is 789. The number of nitrogens with zero attached hydrogens (tertiary/aromatic N) is 1. The molecule has 2 aromatic rings. The lowest BCUT2D eigenvalue weighted by Crippen LogP contribution is -2.44. The van der Waals surface area contributed by atoms with Crippen LogP contribution in [0.2, 0.25) is 0 Å². The van der Waals surface area contributed by atoms with Gasteiger partial charge in [-0.2, -0.15) is 0 Å². The van der Waals surface area contributed by atoms with Gasteiger partial charge in [0.1, 0.15) is 0 Å². The molecular formula is C22H27N3O2. The van der Waals surface area contributed by atoms with Crippen LogP contribution >= 0.6 is 0 Å². The number of amides is 3. The van der Waals surface area contributed by atoms with Gasteiger partial charge in [0.25, 0.3) is 0 Å². The van der Waals surface area contributed by atoms with Crippen LogP contribution in [0.15, 0.2) is 54.6 Å². The van der Waals surface area contributed by atoms with E-state index < -0.39 is 0 Å². The zero-order valence-electron chi connectivity index (χ0n) is 15.9. The van der Waals surface area contributed by atoms with Crippen molar-refractivity contribution in [2.24, 2.45) is 5.92 Å². The molecule has 2 aromatic carbocycles. The minimum atomic E-state index is -0.315. The normalized spacial score (nSPS) is 14.0. The highest BCUT2D eigenvalue weighted by Gasteiger charge is 2.24. The summed E-state index contributed by atoms with van der Waals surface area (Å²) in [6.45, 7) is 4.92. The highest BCUT2D eigenvalue weighted by Crippen LogP contribution is 2.27. The van der Waals surface area contributed by atoms with E-state index in [2.05, 4.69) is 24.5 Å². The zero-order valence-corrected chi connectivity index (χ0v) is 15.9. The molecule has 0 aliphatic carbocycles. The molecule has 0 saturated heterocycles. The summed E-state index contributed by atoms with van der Waals surface area (Å²) < 4.78 is 0. The summed E-state index contributed by atoms with van der Waals surface area (Å²) in [7, 11) is 0. The average molecular weight is 365 g/mol. The number of nitrogens with one attached hydrogen (secondary N) is 2. The van der Waals surface area contributed by atoms with Gasteiger partial charge in [-0.05, 0) is 36.0 Å². The van der Waals surface area contributed by atoms with Crippen LogP contribution in [0.5, 0.6) is 0 Å². The van der Waals surface area contributed by atoms with Crippen LogP contribution in [0.3, 0.4) is 0 Å². The Balaban J connectivity index is 1.56. The first-order valence-corrected chi connectivity index (χ1v) is 9.52. The van der Waals surface area contributed by atoms with Crippen LogP contribution in [0.1, 0.15) is 37.4 Å². The van der Waals surface area contributed by atoms with Crippen molar-refractivity contribution in [1.82, 2.24) is 10.6 Å². The highest BCUT2D eigenvalue weighted by molar-refractivity contribution is 5.98. The molecule has 0 fully saturated rings. The van der Waals surface area contributed by atoms with Crippen LogP contribution in [0.25, 0.3) is 0 Å². The number of urea groups is 1. The van der Waals surface area contributed by atoms with Crippen molar-refractivity contribution < 1.29 is 9.59 Å². The van der Waals surface area contributed by atoms with Gasteiger partial charge in [-0.15, -0.1) is 0 Å². The molecule has 142 valence electrons. The number of anilines is 1. The van der Waals surface area contributed by atoms with E-state index in [-0.39, 0.29) is 24.5 Å². The summed E-state index contributed by atoms with van der Waals surface area (Å²) in [6.07, 6.45) is 1.70. The Kier molecular flexibility index (Phi) is 6.12. The molecule has 1 atom stereocenters. The lowest BCUT2D eigenvalue weighted by Gasteiger charge is -2.22. The molecule has 27 heavy (non-hydrogen) atoms. The topological polar surface area (TPSA) is 61.4 Å². The molecule has 0 aromatic heterocycles. The maximum atomic E-state index is 12.5. The van der Waals surface area contributed by atoms with Crippen molar-refractivity contribution in [2.75, 3.05) is 18.0 Å². The Morgan fingerprint density at radius 1 is 1.04 bits per heavy atom. The molecule has 0 bridgehead atoms. The summed E-state index contributed by atoms with van der Waals surface area (Å²) in [5.41, 5.74) is 3.20. The van der Waals surface area contributed by atoms with E-state index in [4.69, 9.17) is 0 Å². The van der Waals surface area contributed by atoms with E-state index in [1.54, 1.807) is 4.90 Å². The fraction of sp³-hybridized carbons (Fsp3) is 0.364. The standard InChI is InChI=1S/C22H27N3O2/c1-16(2)14-19(17-8-4-3-5-9-17)24-22(27)23-15-21(26)25-13-12-18-10-6-7-11-20(18)25/h3-11,16,19H,12-15H2,1-2H3,(H2,23,24,27). The predicted molar refractivity (Wildman–Crippen MR) is 108 cm³/mol. The van der Waals surface area contributed by atoms with E-state index in [9.17, 15) is 9.59 Å². The van der Waals surface area contributed by atoms with Gasteiger partial charge >= 0.3 is 6.03 Å². The molecule has 0 saturated carbocycles. The zero-order chi connectivity index (χ0) is 19.2. The van der Waals surface area contributed by atoms with Crippen LogP contribution in [0, 0.1) is 5.92 Å². The highest BCUT2D eigenvalue weighted by atomic mass is 16.2. The Morgan fingerprint density at radius 3 is 2.48 bits per heavy atom. The molecule has 5 heteroatoms. The summed E-state index contributed by atoms with van der Waals surface area (Å²) >= 11 is 0. The number of hydrogen-bond acceptors (Lipinski definition) is 2. The van der Waals surface area contributed by atoms with Crippen molar-refractivity contribution >= 4 is 17.6 Å². The van der Waals surface area contributed by atoms with Gasteiger partial charge in [0.05, 0.1) is 12.6 Å². The number of hydrogen-bond donors (Lipinski definition) is 2. The first kappa shape index (κ1) is 19.0. The van der Waals surface area contributed by atoms with Gasteiger partial charge < -0.3 is 15.5 Å². The van der Waals surface area contributed by atoms with E-state index in [0.717, 1.165) is 24.1 Å². The lowest BCUT2D eigenvalue weighted by atomic mass is 9.97. The number of rotatable bonds is 6. The first-order valence-electron chi connectivity index (χ1n) is 9.52. The maximum absolute atomic E-state index is 12.5. The minimum absolute atomic E-state index is 0.0106. The number of para-hydroxylation sites is 1. The van der Waals surface area contributed by atoms with Crippen LogP contribution in [-0.2, 0) is 11.2 Å². The van der Waals surface area contributed by atoms with Crippen LogP contribution < -0.4 is 15.5 Å². The number of benzene rings is 2. The van der Waals surface area contributed by atoms with Gasteiger partial charge in [-0.1, -0.05) is 62.4 Å². The molecule has 1 aliphatic heterocycles. The molecule has 1 heterocycles. The monoisotopic (exact) mass is 365 g/mol. The molecule has 5 nitrogen and oxygen atoms in total. The fourth-order valence-electron chi connectivity index (χ4n) is 3.49. The van der Waals surface area contributed by atoms with Crippen LogP contribution in [0.4, 0.5) is 10.5 Å². The third kappa shape index (κ3) is 4.88. The second-order valence-electron chi connectivity index (χ2n) is 7.34. The van der Waals surface area contributed by atoms with Gasteiger partial charge in [0.2, 0.25) is 5.91 Å². The second kappa shape index (κ2) is 8.71. The van der Waals surface area contributed by atoms with Crippen molar-refractivity contribution in [3.8, 4) is 0 Å². The van der Waals surface area contributed by atoms with Gasteiger partial charge in [0, 0.05) is 12.2 Å². The molecule has 1 aliphatic rings. The summed E-state index contributed by atoms with van der Waals surface area (Å²) in [5.74, 6) is 0.355. The Labute approximate surface area is 160 Å². The minimum Gasteiger partial charge on any atom is -0.331 e. The molecule has 2 N–H and O–H groups in total. The third-order valence-electron chi connectivity index (χ3n) is 4.80. The molecule has 0 radical (unpaired) electrons. The largest absolute Gasteiger partial charge is 0.331 e. The fourth-order valence-corrected chi connectivity index (χ4v) is 3.49. The summed E-state index contributed by atoms with van der Waals surface area (Å²) in [4.78, 5) is 26.7. The number of carbonyl (C=O) groups excluding carboxylic acids is 2. The van der Waals surface area contributed by atoms with Gasteiger partial charge in [-0.3, -0.25) is 4.79 Å². The molecule has 0 spiro atoms. The maximum Gasteiger partial charge on any atom is 0.315 e. The van der Waals surface area contributed by atoms with Crippen molar-refractivity contribution in [1.29, 1.82) is 0 Å². The molecular weight excluding hydrogens is 338 g/mol. The van der Waals surface area contributed by atoms with E-state index >= 15 is 0 Å². The smallest absolute Gasteiger partial charge is 0.315 e. The molecule has 3 amide bonds. The van der Waals surface area contributed by atoms with E-state index in [1.165, 1.54) is 5.56 Å². The lowest BCUT2D eigenvalue weighted by molar-refractivity contribution is -0.117. The summed E-state index contributed by atoms with van der Waals surface area (Å²) in [5, 5.41) is 5.73. The predicted octanol–water partition coefficient (Wildman–Crippen LogP) is 3.66. The molecule has 3 rings (SSSR count). The number of carbonyl (C=O) groups is 2. The van der Waals surface area contributed by atoms with E-state index in [1.807, 2.05) is 54.6 Å². The van der Waals surface area contributed by atoms with Gasteiger partial charge in [-0.25, -0.2) is 4.79 Å². The third-order valence-corrected chi connectivity index (χ3v) is 4.80.